The number of carbonyl (C=O) groups excluding carboxylic acids is 2. The zero-order valence-corrected chi connectivity index (χ0v) is 8.41. The van der Waals surface area contributed by atoms with Crippen molar-refractivity contribution < 1.29 is 9.59 Å². The number of amides is 1. The molecule has 1 aromatic carbocycles. The van der Waals surface area contributed by atoms with Gasteiger partial charge in [0.2, 0.25) is 0 Å². The summed E-state index contributed by atoms with van der Waals surface area (Å²) >= 11 is 0. The van der Waals surface area contributed by atoms with E-state index < -0.39 is 0 Å². The lowest BCUT2D eigenvalue weighted by Gasteiger charge is -2.00. The summed E-state index contributed by atoms with van der Waals surface area (Å²) in [6.45, 7) is 2.35. The van der Waals surface area contributed by atoms with Gasteiger partial charge >= 0.3 is 0 Å². The van der Waals surface area contributed by atoms with Crippen LogP contribution in [0.2, 0.25) is 0 Å². The Morgan fingerprint density at radius 2 is 2.07 bits per heavy atom. The van der Waals surface area contributed by atoms with Crippen molar-refractivity contribution in [3.63, 3.8) is 0 Å². The number of nitrogens with one attached hydrogen (secondary N) is 1. The summed E-state index contributed by atoms with van der Waals surface area (Å²) in [5, 5.41) is 2.62. The van der Waals surface area contributed by atoms with Crippen LogP contribution in [0.3, 0.4) is 0 Å². The number of benzene rings is 1. The van der Waals surface area contributed by atoms with Crippen molar-refractivity contribution in [1.82, 2.24) is 5.32 Å². The number of carbonyl (C=O) groups is 2. The number of hydrogen-bond acceptors (Lipinski definition) is 2. The molecule has 0 saturated heterocycles. The van der Waals surface area contributed by atoms with Crippen LogP contribution in [0.15, 0.2) is 29.8 Å². The molecule has 76 valence electrons. The van der Waals surface area contributed by atoms with Crippen LogP contribution < -0.4 is 5.32 Å². The first-order chi connectivity index (χ1) is 7.24. The minimum atomic E-state index is -0.293. The largest absolute Gasteiger partial charge is 0.352 e. The minimum Gasteiger partial charge on any atom is -0.352 e. The monoisotopic (exact) mass is 201 g/mol. The van der Waals surface area contributed by atoms with E-state index in [1.165, 1.54) is 0 Å². The van der Waals surface area contributed by atoms with Crippen LogP contribution in [0, 0.1) is 0 Å². The first kappa shape index (κ1) is 9.65. The summed E-state index contributed by atoms with van der Waals surface area (Å²) in [7, 11) is 0. The van der Waals surface area contributed by atoms with Gasteiger partial charge in [0.1, 0.15) is 0 Å². The quantitative estimate of drug-likeness (QED) is 0.735. The number of likely N-dealkylation sites (N-methyl/N-ethyl adjacent to an activating group) is 1. The second kappa shape index (κ2) is 3.69. The molecule has 1 aliphatic rings. The lowest BCUT2D eigenvalue weighted by Crippen LogP contribution is -2.26. The maximum absolute atomic E-state index is 11.8. The predicted octanol–water partition coefficient (Wildman–Crippen LogP) is 1.40. The summed E-state index contributed by atoms with van der Waals surface area (Å²) in [4.78, 5) is 23.3. The summed E-state index contributed by atoms with van der Waals surface area (Å²) in [6.07, 6.45) is 1.64. The predicted molar refractivity (Wildman–Crippen MR) is 57.4 cm³/mol. The molecule has 15 heavy (non-hydrogen) atoms. The lowest BCUT2D eigenvalue weighted by molar-refractivity contribution is -0.116. The zero-order valence-electron chi connectivity index (χ0n) is 8.41. The second-order valence-corrected chi connectivity index (χ2v) is 3.33. The Balaban J connectivity index is 2.35. The van der Waals surface area contributed by atoms with Gasteiger partial charge in [0.15, 0.2) is 5.78 Å². The van der Waals surface area contributed by atoms with Gasteiger partial charge in [-0.3, -0.25) is 9.59 Å². The summed E-state index contributed by atoms with van der Waals surface area (Å²) < 4.78 is 0. The topological polar surface area (TPSA) is 46.2 Å². The van der Waals surface area contributed by atoms with E-state index in [0.717, 1.165) is 5.56 Å². The van der Waals surface area contributed by atoms with Gasteiger partial charge in [-0.25, -0.2) is 0 Å². The van der Waals surface area contributed by atoms with Crippen LogP contribution in [0.4, 0.5) is 0 Å². The molecule has 0 spiro atoms. The van der Waals surface area contributed by atoms with E-state index in [1.54, 1.807) is 18.2 Å². The SMILES string of the molecule is CCNC(=O)C1=Cc2ccccc2C1=O. The van der Waals surface area contributed by atoms with Crippen molar-refractivity contribution in [3.8, 4) is 0 Å². The van der Waals surface area contributed by atoms with Crippen molar-refractivity contribution >= 4 is 17.8 Å². The van der Waals surface area contributed by atoms with Gasteiger partial charge < -0.3 is 5.32 Å². The molecular formula is C12H11NO2. The number of ketones is 1. The van der Waals surface area contributed by atoms with Crippen molar-refractivity contribution in [2.75, 3.05) is 6.54 Å². The van der Waals surface area contributed by atoms with E-state index >= 15 is 0 Å². The molecule has 1 aliphatic carbocycles. The number of fused-ring (bicyclic) bond motifs is 1. The Morgan fingerprint density at radius 3 is 2.73 bits per heavy atom. The van der Waals surface area contributed by atoms with Crippen LogP contribution in [-0.2, 0) is 4.79 Å². The first-order valence-corrected chi connectivity index (χ1v) is 4.87. The summed E-state index contributed by atoms with van der Waals surface area (Å²) in [6, 6.07) is 7.22. The summed E-state index contributed by atoms with van der Waals surface area (Å²) in [5.41, 5.74) is 1.67. The Kier molecular flexibility index (Phi) is 2.37. The second-order valence-electron chi connectivity index (χ2n) is 3.33. The molecule has 1 N–H and O–H groups in total. The average molecular weight is 201 g/mol. The van der Waals surface area contributed by atoms with E-state index in [-0.39, 0.29) is 17.3 Å². The van der Waals surface area contributed by atoms with Crippen LogP contribution >= 0.6 is 0 Å². The van der Waals surface area contributed by atoms with Crippen LogP contribution in [-0.4, -0.2) is 18.2 Å². The van der Waals surface area contributed by atoms with Gasteiger partial charge in [-0.05, 0) is 18.6 Å². The maximum Gasteiger partial charge on any atom is 0.255 e. The Bertz CT molecular complexity index is 460. The minimum absolute atomic E-state index is 0.184. The number of rotatable bonds is 2. The van der Waals surface area contributed by atoms with Gasteiger partial charge in [-0.1, -0.05) is 24.3 Å². The first-order valence-electron chi connectivity index (χ1n) is 4.87. The molecule has 0 saturated carbocycles. The highest BCUT2D eigenvalue weighted by Gasteiger charge is 2.26. The van der Waals surface area contributed by atoms with E-state index in [2.05, 4.69) is 5.32 Å². The summed E-state index contributed by atoms with van der Waals surface area (Å²) in [5.74, 6) is -0.477. The molecule has 3 nitrogen and oxygen atoms in total. The zero-order chi connectivity index (χ0) is 10.8. The highest BCUT2D eigenvalue weighted by molar-refractivity contribution is 6.32. The van der Waals surface area contributed by atoms with Crippen molar-refractivity contribution in [1.29, 1.82) is 0 Å². The van der Waals surface area contributed by atoms with E-state index in [9.17, 15) is 9.59 Å². The molecule has 1 aromatic rings. The number of Topliss-reactive ketones (excluding diaryl/α,β-unsaturated/α-hetero) is 1. The Labute approximate surface area is 87.8 Å². The average Bonchev–Trinajstić information content (AvgIpc) is 2.57. The fourth-order valence-corrected chi connectivity index (χ4v) is 1.62. The van der Waals surface area contributed by atoms with Crippen molar-refractivity contribution in [2.24, 2.45) is 0 Å². The molecule has 0 aliphatic heterocycles. The molecule has 3 heteroatoms. The third-order valence-electron chi connectivity index (χ3n) is 2.33. The molecule has 1 amide bonds. The Morgan fingerprint density at radius 1 is 1.33 bits per heavy atom. The molecular weight excluding hydrogens is 190 g/mol. The fourth-order valence-electron chi connectivity index (χ4n) is 1.62. The fraction of sp³-hybridized carbons (Fsp3) is 0.167. The standard InChI is InChI=1S/C12H11NO2/c1-2-13-12(15)10-7-8-5-3-4-6-9(8)11(10)14/h3-7H,2H2,1H3,(H,13,15). The van der Waals surface area contributed by atoms with Gasteiger partial charge in [-0.2, -0.15) is 0 Å². The molecule has 0 unspecified atom stereocenters. The van der Waals surface area contributed by atoms with E-state index in [0.29, 0.717) is 12.1 Å². The van der Waals surface area contributed by atoms with Crippen molar-refractivity contribution in [3.05, 3.63) is 41.0 Å². The third-order valence-corrected chi connectivity index (χ3v) is 2.33. The normalized spacial score (nSPS) is 13.4. The molecule has 0 heterocycles. The van der Waals surface area contributed by atoms with Gasteiger partial charge in [0.05, 0.1) is 5.57 Å². The molecule has 2 rings (SSSR count). The molecule has 0 fully saturated rings. The van der Waals surface area contributed by atoms with Gasteiger partial charge in [-0.15, -0.1) is 0 Å². The highest BCUT2D eigenvalue weighted by Crippen LogP contribution is 2.24. The molecule has 0 radical (unpaired) electrons. The highest BCUT2D eigenvalue weighted by atomic mass is 16.2. The van der Waals surface area contributed by atoms with Gasteiger partial charge in [0, 0.05) is 12.1 Å². The lowest BCUT2D eigenvalue weighted by atomic mass is 10.1. The Hall–Kier alpha value is -1.90. The van der Waals surface area contributed by atoms with Crippen molar-refractivity contribution in [2.45, 2.75) is 6.92 Å². The van der Waals surface area contributed by atoms with Gasteiger partial charge in [0.25, 0.3) is 5.91 Å². The van der Waals surface area contributed by atoms with E-state index in [1.807, 2.05) is 19.1 Å². The van der Waals surface area contributed by atoms with E-state index in [4.69, 9.17) is 0 Å². The third kappa shape index (κ3) is 1.56. The maximum atomic E-state index is 11.8. The van der Waals surface area contributed by atoms with Crippen LogP contribution in [0.1, 0.15) is 22.8 Å². The number of hydrogen-bond donors (Lipinski definition) is 1. The molecule has 0 bridgehead atoms. The smallest absolute Gasteiger partial charge is 0.255 e. The molecule has 0 aromatic heterocycles. The molecule has 0 atom stereocenters. The van der Waals surface area contributed by atoms with Crippen LogP contribution in [0.25, 0.3) is 6.08 Å². The van der Waals surface area contributed by atoms with Crippen LogP contribution in [0.5, 0.6) is 0 Å².